The van der Waals surface area contributed by atoms with E-state index in [1.807, 2.05) is 0 Å². The zero-order valence-corrected chi connectivity index (χ0v) is 14.8. The van der Waals surface area contributed by atoms with Gasteiger partial charge < -0.3 is 10.1 Å². The Morgan fingerprint density at radius 2 is 1.81 bits per heavy atom. The molecule has 0 aliphatic rings. The number of alkyl halides is 3. The lowest BCUT2D eigenvalue weighted by Gasteiger charge is -2.12. The highest BCUT2D eigenvalue weighted by Gasteiger charge is 2.29. The van der Waals surface area contributed by atoms with Crippen LogP contribution in [0.5, 0.6) is 0 Å². The molecule has 27 heavy (non-hydrogen) atoms. The topological polar surface area (TPSA) is 55.4 Å². The fraction of sp³-hybridized carbons (Fsp3) is 0.158. The summed E-state index contributed by atoms with van der Waals surface area (Å²) in [7, 11) is 0. The van der Waals surface area contributed by atoms with Gasteiger partial charge in [0.15, 0.2) is 6.10 Å². The van der Waals surface area contributed by atoms with Gasteiger partial charge in [0.25, 0.3) is 5.91 Å². The van der Waals surface area contributed by atoms with Gasteiger partial charge in [0.2, 0.25) is 0 Å². The lowest BCUT2D eigenvalue weighted by atomic mass is 10.1. The van der Waals surface area contributed by atoms with Crippen molar-refractivity contribution in [1.82, 2.24) is 0 Å². The summed E-state index contributed by atoms with van der Waals surface area (Å²) in [5, 5.41) is 2.99. The van der Waals surface area contributed by atoms with Crippen molar-refractivity contribution in [1.29, 1.82) is 0 Å². The molecule has 0 fully saturated rings. The Hall–Kier alpha value is -2.80. The third-order valence-corrected chi connectivity index (χ3v) is 3.64. The van der Waals surface area contributed by atoms with Gasteiger partial charge in [-0.1, -0.05) is 29.8 Å². The summed E-state index contributed by atoms with van der Waals surface area (Å²) in [6, 6.07) is 10.7. The molecule has 1 atom stereocenters. The van der Waals surface area contributed by atoms with Crippen LogP contribution in [0.3, 0.4) is 0 Å². The molecule has 0 bridgehead atoms. The van der Waals surface area contributed by atoms with Crippen LogP contribution in [0.4, 0.5) is 18.9 Å². The molecule has 2 aromatic rings. The van der Waals surface area contributed by atoms with E-state index in [0.717, 1.165) is 18.2 Å². The van der Waals surface area contributed by atoms with E-state index in [9.17, 15) is 22.8 Å². The lowest BCUT2D eigenvalue weighted by Crippen LogP contribution is -2.29. The number of ether oxygens (including phenoxy) is 1. The smallest absolute Gasteiger partial charge is 0.416 e. The minimum Gasteiger partial charge on any atom is -0.449 e. The van der Waals surface area contributed by atoms with Crippen LogP contribution in [0.2, 0.25) is 5.02 Å². The molecule has 0 aromatic heterocycles. The van der Waals surface area contributed by atoms with Crippen LogP contribution in [-0.4, -0.2) is 18.0 Å². The summed E-state index contributed by atoms with van der Waals surface area (Å²) in [5.74, 6) is -1.35. The number of nitrogens with one attached hydrogen (secondary N) is 1. The van der Waals surface area contributed by atoms with Gasteiger partial charge in [-0.15, -0.1) is 0 Å². The van der Waals surface area contributed by atoms with E-state index in [0.29, 0.717) is 16.3 Å². The first kappa shape index (κ1) is 20.5. The van der Waals surface area contributed by atoms with Crippen molar-refractivity contribution >= 4 is 35.2 Å². The molecule has 2 aromatic carbocycles. The van der Waals surface area contributed by atoms with Crippen molar-refractivity contribution in [3.05, 3.63) is 70.8 Å². The van der Waals surface area contributed by atoms with Gasteiger partial charge in [-0.3, -0.25) is 4.79 Å². The van der Waals surface area contributed by atoms with Crippen molar-refractivity contribution in [3.8, 4) is 0 Å². The molecule has 0 spiro atoms. The first-order valence-corrected chi connectivity index (χ1v) is 8.15. The Kier molecular flexibility index (Phi) is 6.63. The first-order chi connectivity index (χ1) is 12.6. The van der Waals surface area contributed by atoms with E-state index in [1.54, 1.807) is 24.3 Å². The lowest BCUT2D eigenvalue weighted by molar-refractivity contribution is -0.148. The Labute approximate surface area is 158 Å². The van der Waals surface area contributed by atoms with Gasteiger partial charge in [-0.05, 0) is 48.9 Å². The predicted molar refractivity (Wildman–Crippen MR) is 96.1 cm³/mol. The molecule has 0 heterocycles. The molecule has 0 aliphatic carbocycles. The van der Waals surface area contributed by atoms with Gasteiger partial charge in [-0.2, -0.15) is 13.2 Å². The number of hydrogen-bond acceptors (Lipinski definition) is 3. The van der Waals surface area contributed by atoms with E-state index in [-0.39, 0.29) is 0 Å². The number of benzene rings is 2. The highest BCUT2D eigenvalue weighted by Crippen LogP contribution is 2.29. The van der Waals surface area contributed by atoms with Crippen molar-refractivity contribution in [2.75, 3.05) is 5.32 Å². The van der Waals surface area contributed by atoms with Crippen LogP contribution < -0.4 is 5.32 Å². The zero-order valence-electron chi connectivity index (χ0n) is 14.1. The number of rotatable bonds is 5. The average molecular weight is 398 g/mol. The molecule has 8 heteroatoms. The van der Waals surface area contributed by atoms with Crippen LogP contribution in [0.1, 0.15) is 18.1 Å². The number of anilines is 1. The van der Waals surface area contributed by atoms with E-state index in [2.05, 4.69) is 5.32 Å². The molecule has 0 radical (unpaired) electrons. The molecule has 1 N–H and O–H groups in total. The summed E-state index contributed by atoms with van der Waals surface area (Å²) in [6.45, 7) is 1.39. The first-order valence-electron chi connectivity index (χ1n) is 7.77. The number of amides is 1. The SMILES string of the molecule is C[C@H](OC(=O)/C=C/c1ccc(C(F)(F)F)cc1)C(=O)Nc1cccc(Cl)c1. The molecular weight excluding hydrogens is 383 g/mol. The minimum absolute atomic E-state index is 0.385. The Balaban J connectivity index is 1.90. The molecule has 4 nitrogen and oxygen atoms in total. The fourth-order valence-corrected chi connectivity index (χ4v) is 2.21. The van der Waals surface area contributed by atoms with Crippen molar-refractivity contribution in [3.63, 3.8) is 0 Å². The molecule has 0 unspecified atom stereocenters. The fourth-order valence-electron chi connectivity index (χ4n) is 2.02. The highest BCUT2D eigenvalue weighted by molar-refractivity contribution is 6.30. The molecule has 0 aliphatic heterocycles. The summed E-state index contributed by atoms with van der Waals surface area (Å²) < 4.78 is 42.4. The van der Waals surface area contributed by atoms with Gasteiger partial charge >= 0.3 is 12.1 Å². The number of carbonyl (C=O) groups is 2. The van der Waals surface area contributed by atoms with Crippen LogP contribution in [0, 0.1) is 0 Å². The number of esters is 1. The highest BCUT2D eigenvalue weighted by atomic mass is 35.5. The number of halogens is 4. The molecule has 0 saturated carbocycles. The van der Waals surface area contributed by atoms with Gasteiger partial charge in [0.1, 0.15) is 0 Å². The van der Waals surface area contributed by atoms with Gasteiger partial charge in [0, 0.05) is 16.8 Å². The van der Waals surface area contributed by atoms with Crippen molar-refractivity contribution in [2.45, 2.75) is 19.2 Å². The summed E-state index contributed by atoms with van der Waals surface area (Å²) in [5.41, 5.74) is 0.0558. The standard InChI is InChI=1S/C19H15ClF3NO3/c1-12(18(26)24-16-4-2-3-15(20)11-16)27-17(25)10-7-13-5-8-14(9-6-13)19(21,22)23/h2-12H,1H3,(H,24,26)/b10-7+/t12-/m0/s1. The maximum absolute atomic E-state index is 12.5. The predicted octanol–water partition coefficient (Wildman–Crippen LogP) is 4.94. The monoisotopic (exact) mass is 397 g/mol. The Morgan fingerprint density at radius 1 is 1.15 bits per heavy atom. The van der Waals surface area contributed by atoms with Crippen molar-refractivity contribution in [2.24, 2.45) is 0 Å². The minimum atomic E-state index is -4.42. The number of hydrogen-bond donors (Lipinski definition) is 1. The van der Waals surface area contributed by atoms with E-state index in [4.69, 9.17) is 16.3 Å². The Bertz CT molecular complexity index is 848. The molecular formula is C19H15ClF3NO3. The molecule has 142 valence electrons. The molecule has 2 rings (SSSR count). The second kappa shape index (κ2) is 8.73. The van der Waals surface area contributed by atoms with Crippen LogP contribution in [0.25, 0.3) is 6.08 Å². The third kappa shape index (κ3) is 6.45. The average Bonchev–Trinajstić information content (AvgIpc) is 2.59. The van der Waals surface area contributed by atoms with E-state index >= 15 is 0 Å². The van der Waals surface area contributed by atoms with Gasteiger partial charge in [-0.25, -0.2) is 4.79 Å². The maximum Gasteiger partial charge on any atom is 0.416 e. The summed E-state index contributed by atoms with van der Waals surface area (Å²) in [6.07, 6.45) is -3.17. The second-order valence-electron chi connectivity index (χ2n) is 5.53. The summed E-state index contributed by atoms with van der Waals surface area (Å²) >= 11 is 5.82. The zero-order chi connectivity index (χ0) is 20.0. The number of carbonyl (C=O) groups excluding carboxylic acids is 2. The van der Waals surface area contributed by atoms with E-state index in [1.165, 1.54) is 25.1 Å². The molecule has 1 amide bonds. The summed E-state index contributed by atoms with van der Waals surface area (Å²) in [4.78, 5) is 23.8. The quantitative estimate of drug-likeness (QED) is 0.574. The van der Waals surface area contributed by atoms with Crippen molar-refractivity contribution < 1.29 is 27.5 Å². The maximum atomic E-state index is 12.5. The largest absolute Gasteiger partial charge is 0.449 e. The van der Waals surface area contributed by atoms with Crippen LogP contribution in [0.15, 0.2) is 54.6 Å². The Morgan fingerprint density at radius 3 is 2.41 bits per heavy atom. The van der Waals surface area contributed by atoms with Crippen LogP contribution >= 0.6 is 11.6 Å². The van der Waals surface area contributed by atoms with Crippen LogP contribution in [-0.2, 0) is 20.5 Å². The normalized spacial score (nSPS) is 12.6. The second-order valence-corrected chi connectivity index (χ2v) is 5.97. The third-order valence-electron chi connectivity index (χ3n) is 3.40. The van der Waals surface area contributed by atoms with E-state index < -0.39 is 29.7 Å². The van der Waals surface area contributed by atoms with Gasteiger partial charge in [0.05, 0.1) is 5.56 Å². The molecule has 0 saturated heterocycles.